The summed E-state index contributed by atoms with van der Waals surface area (Å²) >= 11 is 0. The number of fused-ring (bicyclic) bond motifs is 4. The van der Waals surface area contributed by atoms with Crippen LogP contribution in [0, 0.1) is 0 Å². The molecule has 0 amide bonds. The molecular weight excluding hydrogens is 336 g/mol. The van der Waals surface area contributed by atoms with Crippen molar-refractivity contribution in [1.82, 2.24) is 9.88 Å². The Bertz CT molecular complexity index is 1130. The van der Waals surface area contributed by atoms with Crippen LogP contribution in [0.15, 0.2) is 60.7 Å². The molecule has 136 valence electrons. The van der Waals surface area contributed by atoms with Crippen LogP contribution in [-0.4, -0.2) is 11.4 Å². The maximum atomic E-state index is 5.45. The molecule has 27 heavy (non-hydrogen) atoms. The summed E-state index contributed by atoms with van der Waals surface area (Å²) in [5, 5.41) is 6.19. The number of rotatable bonds is 5. The van der Waals surface area contributed by atoms with Gasteiger partial charge in [0, 0.05) is 41.4 Å². The first-order valence-corrected chi connectivity index (χ1v) is 9.42. The predicted molar refractivity (Wildman–Crippen MR) is 108 cm³/mol. The minimum absolute atomic E-state index is 0.317. The van der Waals surface area contributed by atoms with Crippen LogP contribution < -0.4 is 14.8 Å². The second-order valence-corrected chi connectivity index (χ2v) is 6.90. The van der Waals surface area contributed by atoms with Crippen LogP contribution in [0.25, 0.3) is 21.8 Å². The zero-order valence-electron chi connectivity index (χ0n) is 15.4. The van der Waals surface area contributed by atoms with Crippen molar-refractivity contribution in [2.45, 2.75) is 26.6 Å². The zero-order chi connectivity index (χ0) is 18.2. The molecule has 1 N–H and O–H groups in total. The van der Waals surface area contributed by atoms with E-state index in [1.165, 1.54) is 32.9 Å². The van der Waals surface area contributed by atoms with Gasteiger partial charge in [0.05, 0.1) is 0 Å². The molecule has 0 aliphatic carbocycles. The fourth-order valence-electron chi connectivity index (χ4n) is 3.95. The number of nitrogens with zero attached hydrogens (tertiary/aromatic N) is 1. The molecule has 0 bridgehead atoms. The Hall–Kier alpha value is -2.98. The van der Waals surface area contributed by atoms with Crippen molar-refractivity contribution in [3.05, 3.63) is 71.8 Å². The lowest BCUT2D eigenvalue weighted by Crippen LogP contribution is -2.12. The van der Waals surface area contributed by atoms with Gasteiger partial charge in [0.1, 0.15) is 0 Å². The monoisotopic (exact) mass is 358 g/mol. The molecule has 5 rings (SSSR count). The Morgan fingerprint density at radius 1 is 0.815 bits per heavy atom. The molecule has 0 unspecified atom stereocenters. The molecule has 2 heterocycles. The Morgan fingerprint density at radius 3 is 2.44 bits per heavy atom. The van der Waals surface area contributed by atoms with Gasteiger partial charge in [-0.2, -0.15) is 0 Å². The second-order valence-electron chi connectivity index (χ2n) is 6.90. The lowest BCUT2D eigenvalue weighted by molar-refractivity contribution is 0.174. The summed E-state index contributed by atoms with van der Waals surface area (Å²) in [4.78, 5) is 0. The molecule has 1 aromatic heterocycles. The first kappa shape index (κ1) is 16.2. The molecule has 1 aliphatic rings. The van der Waals surface area contributed by atoms with Crippen LogP contribution >= 0.6 is 0 Å². The Balaban J connectivity index is 1.37. The van der Waals surface area contributed by atoms with Crippen molar-refractivity contribution >= 4 is 21.8 Å². The van der Waals surface area contributed by atoms with Crippen LogP contribution in [0.1, 0.15) is 18.1 Å². The predicted octanol–water partition coefficient (Wildman–Crippen LogP) is 4.83. The first-order valence-electron chi connectivity index (χ1n) is 9.42. The normalized spacial score (nSPS) is 12.9. The van der Waals surface area contributed by atoms with Gasteiger partial charge in [-0.15, -0.1) is 0 Å². The lowest BCUT2D eigenvalue weighted by Gasteiger charge is -2.07. The van der Waals surface area contributed by atoms with E-state index in [4.69, 9.17) is 9.47 Å². The van der Waals surface area contributed by atoms with E-state index in [2.05, 4.69) is 65.3 Å². The summed E-state index contributed by atoms with van der Waals surface area (Å²) in [7, 11) is 0. The highest BCUT2D eigenvalue weighted by Gasteiger charge is 2.13. The Labute approximate surface area is 158 Å². The van der Waals surface area contributed by atoms with Crippen LogP contribution in [0.4, 0.5) is 0 Å². The van der Waals surface area contributed by atoms with Gasteiger partial charge in [-0.1, -0.05) is 30.3 Å². The van der Waals surface area contributed by atoms with E-state index >= 15 is 0 Å². The first-order chi connectivity index (χ1) is 13.3. The van der Waals surface area contributed by atoms with Gasteiger partial charge in [-0.25, -0.2) is 0 Å². The highest BCUT2D eigenvalue weighted by atomic mass is 16.7. The average molecular weight is 358 g/mol. The third-order valence-electron chi connectivity index (χ3n) is 5.25. The number of hydrogen-bond donors (Lipinski definition) is 1. The number of aromatic nitrogens is 1. The summed E-state index contributed by atoms with van der Waals surface area (Å²) in [5.74, 6) is 1.67. The van der Waals surface area contributed by atoms with Crippen molar-refractivity contribution in [2.75, 3.05) is 6.79 Å². The van der Waals surface area contributed by atoms with E-state index in [1.807, 2.05) is 12.1 Å². The number of ether oxygens (including phenoxy) is 2. The van der Waals surface area contributed by atoms with E-state index in [1.54, 1.807) is 0 Å². The number of hydrogen-bond acceptors (Lipinski definition) is 3. The molecular formula is C23H22N2O2. The van der Waals surface area contributed by atoms with Gasteiger partial charge in [0.2, 0.25) is 6.79 Å². The third-order valence-corrected chi connectivity index (χ3v) is 5.25. The lowest BCUT2D eigenvalue weighted by atomic mass is 10.1. The largest absolute Gasteiger partial charge is 0.454 e. The topological polar surface area (TPSA) is 35.4 Å². The smallest absolute Gasteiger partial charge is 0.231 e. The number of benzene rings is 3. The molecule has 0 saturated carbocycles. The van der Waals surface area contributed by atoms with E-state index in [0.717, 1.165) is 31.1 Å². The SMILES string of the molecule is CCn1c2ccccc2c2cc(CNCc3ccc4c(c3)OCO4)ccc21. The van der Waals surface area contributed by atoms with E-state index in [9.17, 15) is 0 Å². The van der Waals surface area contributed by atoms with Gasteiger partial charge >= 0.3 is 0 Å². The molecule has 0 spiro atoms. The van der Waals surface area contributed by atoms with Crippen molar-refractivity contribution in [2.24, 2.45) is 0 Å². The summed E-state index contributed by atoms with van der Waals surface area (Å²) in [6.45, 7) is 5.12. The van der Waals surface area contributed by atoms with Gasteiger partial charge < -0.3 is 19.4 Å². The van der Waals surface area contributed by atoms with E-state index < -0.39 is 0 Å². The maximum Gasteiger partial charge on any atom is 0.231 e. The summed E-state index contributed by atoms with van der Waals surface area (Å²) in [6, 6.07) is 21.5. The molecule has 0 saturated heterocycles. The van der Waals surface area contributed by atoms with Crippen LogP contribution in [-0.2, 0) is 19.6 Å². The maximum absolute atomic E-state index is 5.45. The number of para-hydroxylation sites is 1. The van der Waals surface area contributed by atoms with Gasteiger partial charge in [0.25, 0.3) is 0 Å². The third kappa shape index (κ3) is 2.82. The highest BCUT2D eigenvalue weighted by molar-refractivity contribution is 6.08. The number of aryl methyl sites for hydroxylation is 1. The van der Waals surface area contributed by atoms with Crippen molar-refractivity contribution in [3.8, 4) is 11.5 Å². The minimum Gasteiger partial charge on any atom is -0.454 e. The van der Waals surface area contributed by atoms with E-state index in [0.29, 0.717) is 6.79 Å². The molecule has 1 aliphatic heterocycles. The average Bonchev–Trinajstić information content (AvgIpc) is 3.29. The van der Waals surface area contributed by atoms with Crippen LogP contribution in [0.3, 0.4) is 0 Å². The van der Waals surface area contributed by atoms with Gasteiger partial charge in [0.15, 0.2) is 11.5 Å². The molecule has 4 nitrogen and oxygen atoms in total. The minimum atomic E-state index is 0.317. The van der Waals surface area contributed by atoms with Crippen molar-refractivity contribution in [1.29, 1.82) is 0 Å². The van der Waals surface area contributed by atoms with E-state index in [-0.39, 0.29) is 0 Å². The number of nitrogens with one attached hydrogen (secondary N) is 1. The fourth-order valence-corrected chi connectivity index (χ4v) is 3.95. The second kappa shape index (κ2) is 6.63. The molecule has 0 fully saturated rings. The Kier molecular flexibility index (Phi) is 3.98. The van der Waals surface area contributed by atoms with Gasteiger partial charge in [-0.3, -0.25) is 0 Å². The highest BCUT2D eigenvalue weighted by Crippen LogP contribution is 2.32. The summed E-state index contributed by atoms with van der Waals surface area (Å²) in [6.07, 6.45) is 0. The fraction of sp³-hybridized carbons (Fsp3) is 0.217. The van der Waals surface area contributed by atoms with Crippen LogP contribution in [0.2, 0.25) is 0 Å². The standard InChI is InChI=1S/C23H22N2O2/c1-2-25-20-6-4-3-5-18(20)19-11-16(7-9-21(19)25)13-24-14-17-8-10-22-23(12-17)27-15-26-22/h3-12,24H,2,13-15H2,1H3. The molecule has 0 atom stereocenters. The molecule has 4 aromatic rings. The quantitative estimate of drug-likeness (QED) is 0.555. The zero-order valence-corrected chi connectivity index (χ0v) is 15.4. The molecule has 0 radical (unpaired) electrons. The molecule has 3 aromatic carbocycles. The van der Waals surface area contributed by atoms with Crippen molar-refractivity contribution in [3.63, 3.8) is 0 Å². The summed E-state index contributed by atoms with van der Waals surface area (Å²) < 4.78 is 13.2. The van der Waals surface area contributed by atoms with Crippen LogP contribution in [0.5, 0.6) is 11.5 Å². The van der Waals surface area contributed by atoms with Gasteiger partial charge in [-0.05, 0) is 48.4 Å². The Morgan fingerprint density at radius 2 is 1.56 bits per heavy atom. The molecule has 4 heteroatoms. The summed E-state index contributed by atoms with van der Waals surface area (Å²) in [5.41, 5.74) is 5.10. The van der Waals surface area contributed by atoms with Crippen molar-refractivity contribution < 1.29 is 9.47 Å².